The summed E-state index contributed by atoms with van der Waals surface area (Å²) in [5.41, 5.74) is 1.86. The second-order valence-electron chi connectivity index (χ2n) is 4.57. The molecule has 2 rings (SSSR count). The van der Waals surface area contributed by atoms with Gasteiger partial charge in [-0.25, -0.2) is 4.79 Å². The number of carbonyl (C=O) groups is 2. The van der Waals surface area contributed by atoms with Crippen molar-refractivity contribution in [2.45, 2.75) is 20.3 Å². The Bertz CT molecular complexity index is 694. The standard InChI is InChI=1S/C16H14N2O3/c1-3-21-16(20)14-10(2)8-13(19)12(9-17)15(14)11-4-6-18-7-5-11/h4-7H,3,8H2,1-2H3. The van der Waals surface area contributed by atoms with Crippen LogP contribution in [0.25, 0.3) is 5.57 Å². The lowest BCUT2D eigenvalue weighted by Crippen LogP contribution is -2.20. The van der Waals surface area contributed by atoms with Crippen molar-refractivity contribution >= 4 is 17.3 Å². The minimum absolute atomic E-state index is 0.00477. The van der Waals surface area contributed by atoms with Gasteiger partial charge >= 0.3 is 5.97 Å². The van der Waals surface area contributed by atoms with Gasteiger partial charge in [0.15, 0.2) is 5.78 Å². The number of carbonyl (C=O) groups excluding carboxylic acids is 2. The molecule has 5 nitrogen and oxygen atoms in total. The third kappa shape index (κ3) is 2.75. The highest BCUT2D eigenvalue weighted by Gasteiger charge is 2.31. The van der Waals surface area contributed by atoms with E-state index in [1.165, 1.54) is 0 Å². The molecule has 1 aromatic rings. The molecule has 1 aliphatic rings. The first-order valence-corrected chi connectivity index (χ1v) is 6.55. The molecule has 0 unspecified atom stereocenters. The van der Waals surface area contributed by atoms with Crippen LogP contribution in [0.1, 0.15) is 25.8 Å². The van der Waals surface area contributed by atoms with Crippen LogP contribution in [0, 0.1) is 11.3 Å². The van der Waals surface area contributed by atoms with Crippen LogP contribution in [-0.4, -0.2) is 23.3 Å². The molecule has 0 aromatic carbocycles. The van der Waals surface area contributed by atoms with Crippen LogP contribution < -0.4 is 0 Å². The third-order valence-corrected chi connectivity index (χ3v) is 3.19. The topological polar surface area (TPSA) is 80.0 Å². The summed E-state index contributed by atoms with van der Waals surface area (Å²) in [6.07, 6.45) is 3.16. The fourth-order valence-corrected chi connectivity index (χ4v) is 2.30. The van der Waals surface area contributed by atoms with E-state index < -0.39 is 5.97 Å². The number of hydrogen-bond acceptors (Lipinski definition) is 5. The number of nitrogens with zero attached hydrogens (tertiary/aromatic N) is 2. The van der Waals surface area contributed by atoms with Crippen molar-refractivity contribution in [2.24, 2.45) is 0 Å². The lowest BCUT2D eigenvalue weighted by Gasteiger charge is -2.20. The number of esters is 1. The van der Waals surface area contributed by atoms with Gasteiger partial charge in [0, 0.05) is 24.4 Å². The van der Waals surface area contributed by atoms with Crippen LogP contribution in [0.4, 0.5) is 0 Å². The smallest absolute Gasteiger partial charge is 0.338 e. The van der Waals surface area contributed by atoms with Crippen LogP contribution in [-0.2, 0) is 14.3 Å². The van der Waals surface area contributed by atoms with Crippen LogP contribution in [0.2, 0.25) is 0 Å². The molecule has 21 heavy (non-hydrogen) atoms. The Hall–Kier alpha value is -2.74. The Balaban J connectivity index is 2.69. The van der Waals surface area contributed by atoms with Gasteiger partial charge in [-0.3, -0.25) is 9.78 Å². The van der Waals surface area contributed by atoms with Gasteiger partial charge in [-0.15, -0.1) is 0 Å². The Kier molecular flexibility index (Phi) is 4.29. The largest absolute Gasteiger partial charge is 0.462 e. The van der Waals surface area contributed by atoms with Crippen molar-refractivity contribution < 1.29 is 14.3 Å². The Morgan fingerprint density at radius 2 is 2.10 bits per heavy atom. The molecule has 0 radical (unpaired) electrons. The van der Waals surface area contributed by atoms with Gasteiger partial charge in [0.05, 0.1) is 12.2 Å². The molecule has 0 saturated carbocycles. The predicted molar refractivity (Wildman–Crippen MR) is 75.7 cm³/mol. The summed E-state index contributed by atoms with van der Waals surface area (Å²) >= 11 is 0. The molecule has 0 N–H and O–H groups in total. The number of ketones is 1. The number of nitriles is 1. The summed E-state index contributed by atoms with van der Waals surface area (Å²) in [6.45, 7) is 3.65. The summed E-state index contributed by atoms with van der Waals surface area (Å²) in [5.74, 6) is -0.795. The van der Waals surface area contributed by atoms with E-state index >= 15 is 0 Å². The van der Waals surface area contributed by atoms with Gasteiger partial charge in [0.1, 0.15) is 11.6 Å². The second kappa shape index (κ2) is 6.14. The monoisotopic (exact) mass is 282 g/mol. The van der Waals surface area contributed by atoms with Gasteiger partial charge in [-0.1, -0.05) is 5.57 Å². The van der Waals surface area contributed by atoms with E-state index in [0.717, 1.165) is 0 Å². The average molecular weight is 282 g/mol. The van der Waals surface area contributed by atoms with Gasteiger partial charge in [-0.2, -0.15) is 5.26 Å². The minimum atomic E-state index is -0.512. The summed E-state index contributed by atoms with van der Waals surface area (Å²) in [4.78, 5) is 28.2. The second-order valence-corrected chi connectivity index (χ2v) is 4.57. The van der Waals surface area contributed by atoms with E-state index in [0.29, 0.717) is 22.3 Å². The molecule has 1 heterocycles. The maximum atomic E-state index is 12.2. The first kappa shape index (κ1) is 14.7. The normalized spacial score (nSPS) is 15.0. The first-order chi connectivity index (χ1) is 10.1. The third-order valence-electron chi connectivity index (χ3n) is 3.19. The predicted octanol–water partition coefficient (Wildman–Crippen LogP) is 2.21. The van der Waals surface area contributed by atoms with Crippen LogP contribution in [0.3, 0.4) is 0 Å². The van der Waals surface area contributed by atoms with E-state index in [2.05, 4.69) is 4.98 Å². The number of ether oxygens (including phenoxy) is 1. The van der Waals surface area contributed by atoms with E-state index in [1.807, 2.05) is 6.07 Å². The van der Waals surface area contributed by atoms with E-state index in [9.17, 15) is 14.9 Å². The fourth-order valence-electron chi connectivity index (χ4n) is 2.30. The Morgan fingerprint density at radius 3 is 2.67 bits per heavy atom. The molecular formula is C16H14N2O3. The highest BCUT2D eigenvalue weighted by molar-refractivity contribution is 6.20. The zero-order valence-electron chi connectivity index (χ0n) is 11.8. The van der Waals surface area contributed by atoms with Gasteiger partial charge in [-0.05, 0) is 31.5 Å². The average Bonchev–Trinajstić information content (AvgIpc) is 2.47. The van der Waals surface area contributed by atoms with Crippen molar-refractivity contribution in [1.29, 1.82) is 5.26 Å². The van der Waals surface area contributed by atoms with Crippen molar-refractivity contribution in [3.05, 3.63) is 46.8 Å². The maximum absolute atomic E-state index is 12.2. The van der Waals surface area contributed by atoms with Crippen LogP contribution >= 0.6 is 0 Å². The van der Waals surface area contributed by atoms with Crippen LogP contribution in [0.5, 0.6) is 0 Å². The Morgan fingerprint density at radius 1 is 1.43 bits per heavy atom. The Labute approximate surface area is 122 Å². The van der Waals surface area contributed by atoms with Crippen molar-refractivity contribution in [1.82, 2.24) is 4.98 Å². The molecule has 106 valence electrons. The zero-order valence-corrected chi connectivity index (χ0v) is 11.8. The van der Waals surface area contributed by atoms with E-state index in [-0.39, 0.29) is 24.4 Å². The number of Topliss-reactive ketones (excluding diaryl/α,β-unsaturated/α-hetero) is 1. The van der Waals surface area contributed by atoms with Gasteiger partial charge in [0.25, 0.3) is 0 Å². The number of rotatable bonds is 3. The van der Waals surface area contributed by atoms with Gasteiger partial charge < -0.3 is 4.74 Å². The summed E-state index contributed by atoms with van der Waals surface area (Å²) in [7, 11) is 0. The SMILES string of the molecule is CCOC(=O)C1=C(C)CC(=O)C(C#N)=C1c1ccncc1. The molecule has 1 aliphatic carbocycles. The molecule has 0 aliphatic heterocycles. The molecule has 0 spiro atoms. The fraction of sp³-hybridized carbons (Fsp3) is 0.250. The molecule has 1 aromatic heterocycles. The molecule has 5 heteroatoms. The molecule has 0 amide bonds. The minimum Gasteiger partial charge on any atom is -0.462 e. The van der Waals surface area contributed by atoms with E-state index in [4.69, 9.17) is 4.74 Å². The molecule has 0 bridgehead atoms. The van der Waals surface area contributed by atoms with Crippen molar-refractivity contribution in [2.75, 3.05) is 6.61 Å². The first-order valence-electron chi connectivity index (χ1n) is 6.55. The maximum Gasteiger partial charge on any atom is 0.338 e. The molecule has 0 fully saturated rings. The van der Waals surface area contributed by atoms with E-state index in [1.54, 1.807) is 38.4 Å². The number of aromatic nitrogens is 1. The number of pyridine rings is 1. The lowest BCUT2D eigenvalue weighted by molar-refractivity contribution is -0.138. The van der Waals surface area contributed by atoms with Gasteiger partial charge in [0.2, 0.25) is 0 Å². The quantitative estimate of drug-likeness (QED) is 0.794. The zero-order chi connectivity index (χ0) is 15.4. The highest BCUT2D eigenvalue weighted by atomic mass is 16.5. The highest BCUT2D eigenvalue weighted by Crippen LogP contribution is 2.35. The van der Waals surface area contributed by atoms with Crippen LogP contribution in [0.15, 0.2) is 41.2 Å². The molecular weight excluding hydrogens is 268 g/mol. The molecule has 0 saturated heterocycles. The number of hydrogen-bond donors (Lipinski definition) is 0. The lowest BCUT2D eigenvalue weighted by atomic mass is 9.82. The molecule has 0 atom stereocenters. The summed E-state index contributed by atoms with van der Waals surface area (Å²) < 4.78 is 5.06. The van der Waals surface area contributed by atoms with Crippen molar-refractivity contribution in [3.8, 4) is 6.07 Å². The number of allylic oxidation sites excluding steroid dienone is 2. The van der Waals surface area contributed by atoms with Crippen molar-refractivity contribution in [3.63, 3.8) is 0 Å². The summed E-state index contributed by atoms with van der Waals surface area (Å²) in [5, 5.41) is 9.29. The summed E-state index contributed by atoms with van der Waals surface area (Å²) in [6, 6.07) is 5.25.